The molecular formula is C20H30IN5O2S. The monoisotopic (exact) mass is 531 g/mol. The maximum atomic E-state index is 12.3. The average molecular weight is 531 g/mol. The van der Waals surface area contributed by atoms with Gasteiger partial charge in [-0.05, 0) is 26.3 Å². The summed E-state index contributed by atoms with van der Waals surface area (Å²) < 4.78 is 25.7. The number of rotatable bonds is 5. The minimum Gasteiger partial charge on any atom is -0.357 e. The zero-order valence-corrected chi connectivity index (χ0v) is 20.4. The SMILES string of the molecule is CCNC(=NCc1cnn(Cc2ccccc2)c1)N1CCS(=O)(=O)C(C)(C)C1.I. The molecule has 1 saturated heterocycles. The number of nitrogens with one attached hydrogen (secondary N) is 1. The first-order valence-corrected chi connectivity index (χ1v) is 11.3. The Morgan fingerprint density at radius 2 is 1.97 bits per heavy atom. The van der Waals surface area contributed by atoms with Crippen LogP contribution in [-0.4, -0.2) is 59.2 Å². The van der Waals surface area contributed by atoms with Crippen LogP contribution in [0.2, 0.25) is 0 Å². The molecule has 7 nitrogen and oxygen atoms in total. The lowest BCUT2D eigenvalue weighted by molar-refractivity contribution is 0.353. The summed E-state index contributed by atoms with van der Waals surface area (Å²) in [7, 11) is -3.07. The molecule has 0 radical (unpaired) electrons. The van der Waals surface area contributed by atoms with Gasteiger partial charge in [0.25, 0.3) is 0 Å². The summed E-state index contributed by atoms with van der Waals surface area (Å²) in [6.07, 6.45) is 3.84. The van der Waals surface area contributed by atoms with Crippen LogP contribution in [0.4, 0.5) is 0 Å². The molecule has 0 aliphatic carbocycles. The molecule has 0 spiro atoms. The topological polar surface area (TPSA) is 79.6 Å². The van der Waals surface area contributed by atoms with Crippen LogP contribution in [0.5, 0.6) is 0 Å². The second-order valence-electron chi connectivity index (χ2n) is 7.70. The zero-order valence-electron chi connectivity index (χ0n) is 17.2. The first-order valence-electron chi connectivity index (χ1n) is 9.61. The fourth-order valence-corrected chi connectivity index (χ4v) is 4.63. The van der Waals surface area contributed by atoms with Gasteiger partial charge in [0, 0.05) is 31.4 Å². The summed E-state index contributed by atoms with van der Waals surface area (Å²) in [6.45, 7) is 8.44. The molecule has 0 saturated carbocycles. The molecule has 2 heterocycles. The highest BCUT2D eigenvalue weighted by molar-refractivity contribution is 14.0. The van der Waals surface area contributed by atoms with Crippen molar-refractivity contribution in [1.29, 1.82) is 0 Å². The first kappa shape index (κ1) is 23.7. The van der Waals surface area contributed by atoms with Crippen molar-refractivity contribution in [3.63, 3.8) is 0 Å². The number of hydrogen-bond donors (Lipinski definition) is 1. The molecule has 1 aromatic heterocycles. The second-order valence-corrected chi connectivity index (χ2v) is 10.4. The van der Waals surface area contributed by atoms with Crippen molar-refractivity contribution in [3.8, 4) is 0 Å². The molecule has 1 aliphatic heterocycles. The Kier molecular flexibility index (Phi) is 8.10. The number of halogens is 1. The standard InChI is InChI=1S/C20H29N5O2S.HI/c1-4-21-19(24-10-11-28(26,27)20(2,3)16-24)22-12-18-13-23-25(15-18)14-17-8-6-5-7-9-17;/h5-9,13,15H,4,10-12,14,16H2,1-3H3,(H,21,22);1H. The van der Waals surface area contributed by atoms with Gasteiger partial charge in [-0.15, -0.1) is 24.0 Å². The molecule has 2 aromatic rings. The van der Waals surface area contributed by atoms with Gasteiger partial charge < -0.3 is 10.2 Å². The van der Waals surface area contributed by atoms with E-state index in [0.717, 1.165) is 24.6 Å². The van der Waals surface area contributed by atoms with Gasteiger partial charge in [-0.25, -0.2) is 13.4 Å². The van der Waals surface area contributed by atoms with E-state index >= 15 is 0 Å². The highest BCUT2D eigenvalue weighted by atomic mass is 127. The largest absolute Gasteiger partial charge is 0.357 e. The van der Waals surface area contributed by atoms with E-state index in [2.05, 4.69) is 22.5 Å². The Morgan fingerprint density at radius 1 is 1.24 bits per heavy atom. The van der Waals surface area contributed by atoms with Crippen molar-refractivity contribution in [3.05, 3.63) is 53.9 Å². The number of aliphatic imine (C=N–C) groups is 1. The van der Waals surface area contributed by atoms with E-state index in [9.17, 15) is 8.42 Å². The van der Waals surface area contributed by atoms with Crippen molar-refractivity contribution in [1.82, 2.24) is 20.0 Å². The highest BCUT2D eigenvalue weighted by Crippen LogP contribution is 2.23. The number of nitrogens with zero attached hydrogens (tertiary/aromatic N) is 4. The molecule has 160 valence electrons. The fourth-order valence-electron chi connectivity index (χ4n) is 3.26. The van der Waals surface area contributed by atoms with Crippen LogP contribution in [0.1, 0.15) is 31.9 Å². The molecule has 29 heavy (non-hydrogen) atoms. The first-order chi connectivity index (χ1) is 13.3. The van der Waals surface area contributed by atoms with Crippen LogP contribution in [-0.2, 0) is 22.9 Å². The second kappa shape index (κ2) is 9.92. The van der Waals surface area contributed by atoms with Crippen molar-refractivity contribution in [2.45, 2.75) is 38.6 Å². The lowest BCUT2D eigenvalue weighted by Gasteiger charge is -2.39. The number of aromatic nitrogens is 2. The summed E-state index contributed by atoms with van der Waals surface area (Å²) >= 11 is 0. The third-order valence-electron chi connectivity index (χ3n) is 4.96. The molecule has 1 fully saturated rings. The zero-order chi connectivity index (χ0) is 20.2. The molecule has 3 rings (SSSR count). The van der Waals surface area contributed by atoms with E-state index in [1.165, 1.54) is 5.56 Å². The van der Waals surface area contributed by atoms with Gasteiger partial charge in [0.15, 0.2) is 15.8 Å². The van der Waals surface area contributed by atoms with E-state index in [0.29, 0.717) is 19.6 Å². The van der Waals surface area contributed by atoms with Crippen LogP contribution < -0.4 is 5.32 Å². The number of sulfone groups is 1. The maximum absolute atomic E-state index is 12.3. The van der Waals surface area contributed by atoms with Crippen LogP contribution >= 0.6 is 24.0 Å². The van der Waals surface area contributed by atoms with Crippen LogP contribution in [0, 0.1) is 0 Å². The average Bonchev–Trinajstić information content (AvgIpc) is 3.09. The van der Waals surface area contributed by atoms with Crippen LogP contribution in [0.3, 0.4) is 0 Å². The predicted molar refractivity (Wildman–Crippen MR) is 127 cm³/mol. The van der Waals surface area contributed by atoms with Gasteiger partial charge >= 0.3 is 0 Å². The van der Waals surface area contributed by atoms with Crippen molar-refractivity contribution >= 4 is 39.8 Å². The third kappa shape index (κ3) is 5.94. The Bertz CT molecular complexity index is 925. The summed E-state index contributed by atoms with van der Waals surface area (Å²) in [5.41, 5.74) is 2.22. The Balaban J connectivity index is 0.00000300. The fraction of sp³-hybridized carbons (Fsp3) is 0.500. The van der Waals surface area contributed by atoms with Gasteiger partial charge in [0.2, 0.25) is 0 Å². The molecule has 0 unspecified atom stereocenters. The summed E-state index contributed by atoms with van der Waals surface area (Å²) in [4.78, 5) is 6.76. The number of benzene rings is 1. The molecule has 1 aliphatic rings. The van der Waals surface area contributed by atoms with Gasteiger partial charge in [0.05, 0.1) is 29.8 Å². The summed E-state index contributed by atoms with van der Waals surface area (Å²) in [6, 6.07) is 10.2. The molecule has 1 aromatic carbocycles. The third-order valence-corrected chi connectivity index (χ3v) is 7.50. The molecule has 9 heteroatoms. The lowest BCUT2D eigenvalue weighted by atomic mass is 10.2. The highest BCUT2D eigenvalue weighted by Gasteiger charge is 2.40. The number of hydrogen-bond acceptors (Lipinski definition) is 4. The Labute approximate surface area is 190 Å². The van der Waals surface area contributed by atoms with Crippen molar-refractivity contribution < 1.29 is 8.42 Å². The predicted octanol–water partition coefficient (Wildman–Crippen LogP) is 2.52. The summed E-state index contributed by atoms with van der Waals surface area (Å²) in [5.74, 6) is 0.903. The molecular weight excluding hydrogens is 501 g/mol. The van der Waals surface area contributed by atoms with Crippen molar-refractivity contribution in [2.24, 2.45) is 4.99 Å². The molecule has 0 bridgehead atoms. The quantitative estimate of drug-likeness (QED) is 0.365. The van der Waals surface area contributed by atoms with Crippen molar-refractivity contribution in [2.75, 3.05) is 25.4 Å². The van der Waals surface area contributed by atoms with Gasteiger partial charge in [-0.3, -0.25) is 4.68 Å². The normalized spacial score (nSPS) is 18.2. The minimum atomic E-state index is -3.07. The molecule has 1 N–H and O–H groups in total. The van der Waals surface area contributed by atoms with Crippen LogP contribution in [0.25, 0.3) is 0 Å². The van der Waals surface area contributed by atoms with Gasteiger partial charge in [-0.1, -0.05) is 30.3 Å². The van der Waals surface area contributed by atoms with E-state index in [1.54, 1.807) is 13.8 Å². The minimum absolute atomic E-state index is 0. The number of guanidine groups is 1. The van der Waals surface area contributed by atoms with E-state index in [4.69, 9.17) is 4.99 Å². The van der Waals surface area contributed by atoms with E-state index in [-0.39, 0.29) is 29.7 Å². The molecule has 0 atom stereocenters. The summed E-state index contributed by atoms with van der Waals surface area (Å²) in [5, 5.41) is 7.71. The smallest absolute Gasteiger partial charge is 0.194 e. The van der Waals surface area contributed by atoms with Gasteiger partial charge in [-0.2, -0.15) is 5.10 Å². The van der Waals surface area contributed by atoms with Crippen LogP contribution in [0.15, 0.2) is 47.7 Å². The lowest BCUT2D eigenvalue weighted by Crippen LogP contribution is -2.57. The Hall–Kier alpha value is -1.62. The Morgan fingerprint density at radius 3 is 2.62 bits per heavy atom. The van der Waals surface area contributed by atoms with E-state index < -0.39 is 14.6 Å². The van der Waals surface area contributed by atoms with Gasteiger partial charge in [0.1, 0.15) is 0 Å². The molecule has 0 amide bonds. The maximum Gasteiger partial charge on any atom is 0.194 e. The van der Waals surface area contributed by atoms with E-state index in [1.807, 2.05) is 47.1 Å².